The fraction of sp³-hybridized carbons (Fsp3) is 0.500. The average Bonchev–Trinajstić information content (AvgIpc) is 2.39. The Kier molecular flexibility index (Phi) is 6.39. The van der Waals surface area contributed by atoms with Gasteiger partial charge in [-0.3, -0.25) is 4.79 Å². The third kappa shape index (κ3) is 4.85. The van der Waals surface area contributed by atoms with Gasteiger partial charge in [0.15, 0.2) is 0 Å². The van der Waals surface area contributed by atoms with Crippen LogP contribution >= 0.6 is 0 Å². The summed E-state index contributed by atoms with van der Waals surface area (Å²) in [5.74, 6) is -0.0578. The van der Waals surface area contributed by atoms with Crippen molar-refractivity contribution in [3.05, 3.63) is 30.3 Å². The van der Waals surface area contributed by atoms with E-state index in [9.17, 15) is 4.79 Å². The number of para-hydroxylation sites is 1. The summed E-state index contributed by atoms with van der Waals surface area (Å²) in [6, 6.07) is 9.29. The lowest BCUT2D eigenvalue weighted by Gasteiger charge is -2.21. The number of aliphatic hydroxyl groups is 1. The minimum absolute atomic E-state index is 0.0578. The van der Waals surface area contributed by atoms with Crippen LogP contribution < -0.4 is 10.6 Å². The van der Waals surface area contributed by atoms with Gasteiger partial charge in [0.1, 0.15) is 0 Å². The summed E-state index contributed by atoms with van der Waals surface area (Å²) >= 11 is 0. The third-order valence-corrected chi connectivity index (χ3v) is 2.89. The fourth-order valence-electron chi connectivity index (χ4n) is 1.76. The molecule has 0 saturated carbocycles. The molecule has 1 rings (SSSR count). The number of hydrogen-bond acceptors (Lipinski definition) is 3. The van der Waals surface area contributed by atoms with E-state index in [1.165, 1.54) is 0 Å². The number of rotatable bonds is 7. The van der Waals surface area contributed by atoms with Crippen LogP contribution in [0.25, 0.3) is 0 Å². The van der Waals surface area contributed by atoms with E-state index in [4.69, 9.17) is 5.11 Å². The SMILES string of the molecule is CCC(CCO)NC(C)C(=O)Nc1ccccc1. The highest BCUT2D eigenvalue weighted by Gasteiger charge is 2.16. The van der Waals surface area contributed by atoms with Crippen molar-refractivity contribution < 1.29 is 9.90 Å². The fourth-order valence-corrected chi connectivity index (χ4v) is 1.76. The molecule has 4 heteroatoms. The second kappa shape index (κ2) is 7.84. The number of aliphatic hydroxyl groups excluding tert-OH is 1. The van der Waals surface area contributed by atoms with Gasteiger partial charge in [0, 0.05) is 18.3 Å². The molecule has 1 aromatic rings. The molecule has 2 atom stereocenters. The molecule has 3 N–H and O–H groups in total. The molecular formula is C14H22N2O2. The molecule has 1 amide bonds. The van der Waals surface area contributed by atoms with Crippen LogP contribution in [0.1, 0.15) is 26.7 Å². The summed E-state index contributed by atoms with van der Waals surface area (Å²) in [6.45, 7) is 4.01. The topological polar surface area (TPSA) is 61.4 Å². The van der Waals surface area contributed by atoms with E-state index in [2.05, 4.69) is 10.6 Å². The second-order valence-electron chi connectivity index (χ2n) is 4.36. The number of nitrogens with one attached hydrogen (secondary N) is 2. The number of hydrogen-bond donors (Lipinski definition) is 3. The normalized spacial score (nSPS) is 13.9. The van der Waals surface area contributed by atoms with Gasteiger partial charge in [0.25, 0.3) is 0 Å². The maximum atomic E-state index is 11.9. The first-order chi connectivity index (χ1) is 8.67. The van der Waals surface area contributed by atoms with Crippen LogP contribution in [-0.4, -0.2) is 29.7 Å². The third-order valence-electron chi connectivity index (χ3n) is 2.89. The van der Waals surface area contributed by atoms with Crippen molar-refractivity contribution in [3.8, 4) is 0 Å². The van der Waals surface area contributed by atoms with Crippen LogP contribution in [-0.2, 0) is 4.79 Å². The lowest BCUT2D eigenvalue weighted by molar-refractivity contribution is -0.118. The van der Waals surface area contributed by atoms with Gasteiger partial charge in [-0.15, -0.1) is 0 Å². The molecule has 0 aliphatic heterocycles. The van der Waals surface area contributed by atoms with Crippen molar-refractivity contribution in [2.75, 3.05) is 11.9 Å². The smallest absolute Gasteiger partial charge is 0.241 e. The quantitative estimate of drug-likeness (QED) is 0.691. The van der Waals surface area contributed by atoms with Crippen molar-refractivity contribution in [1.29, 1.82) is 0 Å². The largest absolute Gasteiger partial charge is 0.396 e. The van der Waals surface area contributed by atoms with Gasteiger partial charge in [-0.05, 0) is 31.9 Å². The molecule has 0 bridgehead atoms. The Morgan fingerprint density at radius 2 is 2.00 bits per heavy atom. The zero-order valence-electron chi connectivity index (χ0n) is 11.0. The Labute approximate surface area is 108 Å². The first-order valence-corrected chi connectivity index (χ1v) is 6.40. The Morgan fingerprint density at radius 3 is 2.56 bits per heavy atom. The maximum absolute atomic E-state index is 11.9. The number of benzene rings is 1. The predicted molar refractivity (Wildman–Crippen MR) is 73.5 cm³/mol. The molecule has 4 nitrogen and oxygen atoms in total. The highest BCUT2D eigenvalue weighted by molar-refractivity contribution is 5.94. The molecule has 0 aromatic heterocycles. The number of anilines is 1. The predicted octanol–water partition coefficient (Wildman–Crippen LogP) is 1.76. The zero-order valence-corrected chi connectivity index (χ0v) is 11.0. The van der Waals surface area contributed by atoms with Crippen molar-refractivity contribution in [1.82, 2.24) is 5.32 Å². The molecule has 0 saturated heterocycles. The molecule has 100 valence electrons. The van der Waals surface area contributed by atoms with Crippen LogP contribution in [0.2, 0.25) is 0 Å². The maximum Gasteiger partial charge on any atom is 0.241 e. The summed E-state index contributed by atoms with van der Waals surface area (Å²) in [5, 5.41) is 15.0. The van der Waals surface area contributed by atoms with Crippen LogP contribution in [0.3, 0.4) is 0 Å². The molecule has 0 spiro atoms. The summed E-state index contributed by atoms with van der Waals surface area (Å²) in [7, 11) is 0. The monoisotopic (exact) mass is 250 g/mol. The van der Waals surface area contributed by atoms with E-state index in [-0.39, 0.29) is 24.6 Å². The van der Waals surface area contributed by atoms with E-state index < -0.39 is 0 Å². The molecule has 0 fully saturated rings. The minimum atomic E-state index is -0.276. The second-order valence-corrected chi connectivity index (χ2v) is 4.36. The van der Waals surface area contributed by atoms with E-state index >= 15 is 0 Å². The van der Waals surface area contributed by atoms with Crippen LogP contribution in [0.5, 0.6) is 0 Å². The van der Waals surface area contributed by atoms with Gasteiger partial charge in [-0.1, -0.05) is 25.1 Å². The lowest BCUT2D eigenvalue weighted by atomic mass is 10.1. The van der Waals surface area contributed by atoms with Gasteiger partial charge in [-0.2, -0.15) is 0 Å². The van der Waals surface area contributed by atoms with Crippen molar-refractivity contribution in [3.63, 3.8) is 0 Å². The van der Waals surface area contributed by atoms with Crippen LogP contribution in [0.15, 0.2) is 30.3 Å². The Bertz CT molecular complexity index is 354. The zero-order chi connectivity index (χ0) is 13.4. The highest BCUT2D eigenvalue weighted by atomic mass is 16.3. The molecule has 0 aliphatic carbocycles. The molecule has 0 aliphatic rings. The Morgan fingerprint density at radius 1 is 1.33 bits per heavy atom. The molecule has 18 heavy (non-hydrogen) atoms. The van der Waals surface area contributed by atoms with Gasteiger partial charge < -0.3 is 15.7 Å². The molecule has 1 aromatic carbocycles. The van der Waals surface area contributed by atoms with Crippen molar-refractivity contribution in [2.45, 2.75) is 38.8 Å². The van der Waals surface area contributed by atoms with Crippen molar-refractivity contribution >= 4 is 11.6 Å². The number of carbonyl (C=O) groups is 1. The summed E-state index contributed by atoms with van der Waals surface area (Å²) < 4.78 is 0. The van der Waals surface area contributed by atoms with Gasteiger partial charge in [0.2, 0.25) is 5.91 Å². The highest BCUT2D eigenvalue weighted by Crippen LogP contribution is 2.06. The van der Waals surface area contributed by atoms with E-state index in [1.807, 2.05) is 44.2 Å². The first kappa shape index (κ1) is 14.7. The van der Waals surface area contributed by atoms with E-state index in [1.54, 1.807) is 0 Å². The average molecular weight is 250 g/mol. The first-order valence-electron chi connectivity index (χ1n) is 6.40. The summed E-state index contributed by atoms with van der Waals surface area (Å²) in [5.41, 5.74) is 0.798. The van der Waals surface area contributed by atoms with Crippen LogP contribution in [0.4, 0.5) is 5.69 Å². The van der Waals surface area contributed by atoms with Gasteiger partial charge in [-0.25, -0.2) is 0 Å². The van der Waals surface area contributed by atoms with E-state index in [0.717, 1.165) is 12.1 Å². The molecular weight excluding hydrogens is 228 g/mol. The van der Waals surface area contributed by atoms with Crippen LogP contribution in [0, 0.1) is 0 Å². The number of carbonyl (C=O) groups excluding carboxylic acids is 1. The molecule has 0 radical (unpaired) electrons. The summed E-state index contributed by atoms with van der Waals surface area (Å²) in [6.07, 6.45) is 1.56. The minimum Gasteiger partial charge on any atom is -0.396 e. The van der Waals surface area contributed by atoms with Gasteiger partial charge in [0.05, 0.1) is 6.04 Å². The Hall–Kier alpha value is -1.39. The Balaban J connectivity index is 2.46. The number of amides is 1. The molecule has 2 unspecified atom stereocenters. The molecule has 0 heterocycles. The van der Waals surface area contributed by atoms with E-state index in [0.29, 0.717) is 6.42 Å². The lowest BCUT2D eigenvalue weighted by Crippen LogP contribution is -2.44. The summed E-state index contributed by atoms with van der Waals surface area (Å²) in [4.78, 5) is 11.9. The van der Waals surface area contributed by atoms with Gasteiger partial charge >= 0.3 is 0 Å². The van der Waals surface area contributed by atoms with Crippen molar-refractivity contribution in [2.24, 2.45) is 0 Å². The standard InChI is InChI=1S/C14H22N2O2/c1-3-12(9-10-17)15-11(2)14(18)16-13-7-5-4-6-8-13/h4-8,11-12,15,17H,3,9-10H2,1-2H3,(H,16,18).